The first-order valence-corrected chi connectivity index (χ1v) is 12.1. The van der Waals surface area contributed by atoms with Crippen LogP contribution in [0.5, 0.6) is 11.5 Å². The van der Waals surface area contributed by atoms with Crippen molar-refractivity contribution in [3.63, 3.8) is 0 Å². The molecule has 0 spiro atoms. The monoisotopic (exact) mass is 492 g/mol. The van der Waals surface area contributed by atoms with E-state index in [1.54, 1.807) is 48.7 Å². The maximum Gasteiger partial charge on any atom is 0.339 e. The lowest BCUT2D eigenvalue weighted by Gasteiger charge is -2.13. The molecule has 180 valence electrons. The van der Waals surface area contributed by atoms with Crippen LogP contribution in [-0.4, -0.2) is 37.0 Å². The number of hydrogen-bond acceptors (Lipinski definition) is 7. The molecule has 0 aliphatic rings. The summed E-state index contributed by atoms with van der Waals surface area (Å²) in [4.78, 5) is 17.1. The number of fused-ring (bicyclic) bond motifs is 1. The second kappa shape index (κ2) is 9.59. The number of amides is 1. The van der Waals surface area contributed by atoms with Gasteiger partial charge in [-0.15, -0.1) is 0 Å². The highest BCUT2D eigenvalue weighted by atomic mass is 32.2. The summed E-state index contributed by atoms with van der Waals surface area (Å²) in [6.07, 6.45) is 3.17. The fraction of sp³-hybridized carbons (Fsp3) is 0.160. The van der Waals surface area contributed by atoms with E-state index in [2.05, 4.69) is 15.5 Å². The maximum absolute atomic E-state index is 12.8. The predicted molar refractivity (Wildman–Crippen MR) is 132 cm³/mol. The molecule has 9 nitrogen and oxygen atoms in total. The fourth-order valence-corrected chi connectivity index (χ4v) is 4.83. The molecule has 0 atom stereocenters. The van der Waals surface area contributed by atoms with E-state index >= 15 is 0 Å². The molecule has 0 bridgehead atoms. The molecule has 0 fully saturated rings. The van der Waals surface area contributed by atoms with Gasteiger partial charge in [0, 0.05) is 6.20 Å². The fourth-order valence-electron chi connectivity index (χ4n) is 3.58. The molecule has 4 rings (SSSR count). The molecule has 2 heterocycles. The van der Waals surface area contributed by atoms with E-state index in [9.17, 15) is 13.2 Å². The first-order valence-electron chi connectivity index (χ1n) is 10.7. The Hall–Kier alpha value is -4.18. The van der Waals surface area contributed by atoms with Crippen molar-refractivity contribution in [1.29, 1.82) is 0 Å². The van der Waals surface area contributed by atoms with Crippen LogP contribution in [0.3, 0.4) is 0 Å². The summed E-state index contributed by atoms with van der Waals surface area (Å²) < 4.78 is 38.1. The number of nitrogens with zero attached hydrogens (tertiary/aromatic N) is 3. The number of aryl methyl sites for hydroxylation is 3. The highest BCUT2D eigenvalue weighted by Crippen LogP contribution is 2.31. The molecule has 0 aliphatic carbocycles. The lowest BCUT2D eigenvalue weighted by molar-refractivity contribution is 0.0948. The van der Waals surface area contributed by atoms with Gasteiger partial charge in [0.25, 0.3) is 5.91 Å². The minimum Gasteiger partial charge on any atom is -0.493 e. The van der Waals surface area contributed by atoms with Gasteiger partial charge in [0.2, 0.25) is 0 Å². The number of pyridine rings is 1. The van der Waals surface area contributed by atoms with Crippen molar-refractivity contribution in [2.24, 2.45) is 5.10 Å². The van der Waals surface area contributed by atoms with E-state index in [0.29, 0.717) is 28.2 Å². The Kier molecular flexibility index (Phi) is 6.57. The Morgan fingerprint density at radius 2 is 1.86 bits per heavy atom. The number of nitrogens with one attached hydrogen (secondary N) is 1. The van der Waals surface area contributed by atoms with E-state index < -0.39 is 16.0 Å². The van der Waals surface area contributed by atoms with Crippen molar-refractivity contribution >= 4 is 27.9 Å². The van der Waals surface area contributed by atoms with Crippen molar-refractivity contribution in [1.82, 2.24) is 14.8 Å². The van der Waals surface area contributed by atoms with Gasteiger partial charge >= 0.3 is 10.1 Å². The highest BCUT2D eigenvalue weighted by molar-refractivity contribution is 7.87. The van der Waals surface area contributed by atoms with Crippen LogP contribution in [0.4, 0.5) is 0 Å². The average molecular weight is 493 g/mol. The molecule has 4 aromatic rings. The Morgan fingerprint density at radius 1 is 1.06 bits per heavy atom. The summed E-state index contributed by atoms with van der Waals surface area (Å²) in [5, 5.41) is 4.01. The minimum atomic E-state index is -4.07. The SMILES string of the molecule is COc1cc(C=NNC(=O)c2c(C)nc3ccccn23)ccc1OS(=O)(=O)c1cc(C)ccc1C. The third-order valence-electron chi connectivity index (χ3n) is 5.30. The van der Waals surface area contributed by atoms with Crippen LogP contribution < -0.4 is 14.3 Å². The molecule has 1 N–H and O–H groups in total. The van der Waals surface area contributed by atoms with Crippen LogP contribution in [0.15, 0.2) is 70.8 Å². The topological polar surface area (TPSA) is 111 Å². The summed E-state index contributed by atoms with van der Waals surface area (Å²) in [6.45, 7) is 5.26. The minimum absolute atomic E-state index is 0.0379. The standard InChI is InChI=1S/C25H24N4O5S/c1-16-8-9-17(2)22(13-16)35(31,32)34-20-11-10-19(14-21(20)33-4)15-26-28-25(30)24-18(3)27-23-7-5-6-12-29(23)24/h5-15H,1-4H3,(H,28,30). The van der Waals surface area contributed by atoms with Crippen molar-refractivity contribution in [3.05, 3.63) is 88.9 Å². The number of benzene rings is 2. The van der Waals surface area contributed by atoms with E-state index in [4.69, 9.17) is 8.92 Å². The number of hydrazone groups is 1. The number of hydrogen-bond donors (Lipinski definition) is 1. The molecule has 0 saturated carbocycles. The molecule has 0 saturated heterocycles. The zero-order valence-electron chi connectivity index (χ0n) is 19.6. The normalized spacial score (nSPS) is 11.7. The van der Waals surface area contributed by atoms with Gasteiger partial charge < -0.3 is 8.92 Å². The van der Waals surface area contributed by atoms with Crippen LogP contribution in [0.1, 0.15) is 32.9 Å². The summed E-state index contributed by atoms with van der Waals surface area (Å²) in [5.41, 5.74) is 6.07. The van der Waals surface area contributed by atoms with E-state index in [0.717, 1.165) is 5.56 Å². The molecule has 2 aromatic carbocycles. The zero-order chi connectivity index (χ0) is 25.2. The number of aromatic nitrogens is 2. The lowest BCUT2D eigenvalue weighted by atomic mass is 10.2. The van der Waals surface area contributed by atoms with Gasteiger partial charge in [0.05, 0.1) is 19.0 Å². The molecule has 1 amide bonds. The summed E-state index contributed by atoms with van der Waals surface area (Å²) in [6, 6.07) is 15.2. The van der Waals surface area contributed by atoms with Crippen molar-refractivity contribution in [2.45, 2.75) is 25.7 Å². The molecule has 0 radical (unpaired) electrons. The van der Waals surface area contributed by atoms with Crippen LogP contribution in [-0.2, 0) is 10.1 Å². The third-order valence-corrected chi connectivity index (χ3v) is 6.68. The van der Waals surface area contributed by atoms with Crippen LogP contribution in [0.25, 0.3) is 5.65 Å². The number of rotatable bonds is 7. The summed E-state index contributed by atoms with van der Waals surface area (Å²) in [7, 11) is -2.66. The second-order valence-electron chi connectivity index (χ2n) is 7.89. The molecule has 0 unspecified atom stereocenters. The smallest absolute Gasteiger partial charge is 0.339 e. The predicted octanol–water partition coefficient (Wildman–Crippen LogP) is 3.80. The third kappa shape index (κ3) is 5.02. The number of carbonyl (C=O) groups is 1. The first kappa shape index (κ1) is 24.0. The zero-order valence-corrected chi connectivity index (χ0v) is 20.5. The van der Waals surface area contributed by atoms with E-state index in [-0.39, 0.29) is 16.4 Å². The maximum atomic E-state index is 12.8. The van der Waals surface area contributed by atoms with Gasteiger partial charge in [0.1, 0.15) is 16.2 Å². The van der Waals surface area contributed by atoms with Crippen molar-refractivity contribution < 1.29 is 22.1 Å². The molecule has 35 heavy (non-hydrogen) atoms. The Balaban J connectivity index is 1.52. The van der Waals surface area contributed by atoms with Crippen LogP contribution in [0, 0.1) is 20.8 Å². The Bertz CT molecular complexity index is 1560. The van der Waals surface area contributed by atoms with Crippen molar-refractivity contribution in [3.8, 4) is 11.5 Å². The summed E-state index contributed by atoms with van der Waals surface area (Å²) in [5.74, 6) is -0.174. The van der Waals surface area contributed by atoms with Gasteiger partial charge in [-0.05, 0) is 73.9 Å². The number of imidazole rings is 1. The lowest BCUT2D eigenvalue weighted by Crippen LogP contribution is -2.20. The number of ether oxygens (including phenoxy) is 1. The summed E-state index contributed by atoms with van der Waals surface area (Å²) >= 11 is 0. The molecule has 0 aliphatic heterocycles. The quantitative estimate of drug-likeness (QED) is 0.239. The number of carbonyl (C=O) groups excluding carboxylic acids is 1. The van der Waals surface area contributed by atoms with E-state index in [1.807, 2.05) is 31.2 Å². The van der Waals surface area contributed by atoms with Gasteiger partial charge in [-0.25, -0.2) is 10.4 Å². The second-order valence-corrected chi connectivity index (χ2v) is 9.41. The highest BCUT2D eigenvalue weighted by Gasteiger charge is 2.22. The first-order chi connectivity index (χ1) is 16.7. The molecular weight excluding hydrogens is 468 g/mol. The molecule has 2 aromatic heterocycles. The van der Waals surface area contributed by atoms with Gasteiger partial charge in [-0.3, -0.25) is 9.20 Å². The largest absolute Gasteiger partial charge is 0.493 e. The van der Waals surface area contributed by atoms with Gasteiger partial charge in [-0.2, -0.15) is 13.5 Å². The Morgan fingerprint density at radius 3 is 2.63 bits per heavy atom. The van der Waals surface area contributed by atoms with Crippen LogP contribution in [0.2, 0.25) is 0 Å². The number of methoxy groups -OCH3 is 1. The Labute approximate surface area is 203 Å². The average Bonchev–Trinajstić information content (AvgIpc) is 3.16. The van der Waals surface area contributed by atoms with Gasteiger partial charge in [0.15, 0.2) is 11.5 Å². The molecule has 10 heteroatoms. The van der Waals surface area contributed by atoms with Gasteiger partial charge in [-0.1, -0.05) is 18.2 Å². The molecular formula is C25H24N4O5S. The van der Waals surface area contributed by atoms with Crippen molar-refractivity contribution in [2.75, 3.05) is 7.11 Å². The van der Waals surface area contributed by atoms with E-state index in [1.165, 1.54) is 19.4 Å². The van der Waals surface area contributed by atoms with Crippen LogP contribution >= 0.6 is 0 Å².